The number of methoxy groups -OCH3 is 1. The number of halogens is 2. The molecule has 0 aliphatic heterocycles. The van der Waals surface area contributed by atoms with Crippen LogP contribution in [0.1, 0.15) is 10.4 Å². The largest absolute Gasteiger partial charge is 0.497 e. The van der Waals surface area contributed by atoms with E-state index < -0.39 is 17.4 Å². The van der Waals surface area contributed by atoms with Crippen molar-refractivity contribution in [2.45, 2.75) is 4.90 Å². The Hall–Kier alpha value is -1.88. The number of hydrogen-bond donors (Lipinski definition) is 0. The van der Waals surface area contributed by atoms with E-state index in [1.807, 2.05) is 6.07 Å². The SMILES string of the molecule is COc1cccc(SCC(=O)c2cc(F)ccc2F)c1. The van der Waals surface area contributed by atoms with Gasteiger partial charge in [0.25, 0.3) is 0 Å². The first-order valence-corrected chi connectivity index (χ1v) is 6.84. The van der Waals surface area contributed by atoms with Crippen LogP contribution >= 0.6 is 11.8 Å². The number of thioether (sulfide) groups is 1. The van der Waals surface area contributed by atoms with Crippen LogP contribution in [0.2, 0.25) is 0 Å². The Bertz CT molecular complexity index is 629. The lowest BCUT2D eigenvalue weighted by molar-refractivity contribution is 0.101. The second-order valence-corrected chi connectivity index (χ2v) is 5.06. The first kappa shape index (κ1) is 14.5. The Morgan fingerprint density at radius 1 is 1.20 bits per heavy atom. The third-order valence-corrected chi connectivity index (χ3v) is 3.63. The van der Waals surface area contributed by atoms with E-state index in [1.54, 1.807) is 25.3 Å². The first-order chi connectivity index (χ1) is 9.60. The van der Waals surface area contributed by atoms with Crippen molar-refractivity contribution in [2.24, 2.45) is 0 Å². The smallest absolute Gasteiger partial charge is 0.176 e. The number of carbonyl (C=O) groups excluding carboxylic acids is 1. The molecular formula is C15H12F2O2S. The van der Waals surface area contributed by atoms with Crippen molar-refractivity contribution in [3.63, 3.8) is 0 Å². The maximum atomic E-state index is 13.4. The van der Waals surface area contributed by atoms with E-state index in [2.05, 4.69) is 0 Å². The summed E-state index contributed by atoms with van der Waals surface area (Å²) in [6.45, 7) is 0. The molecule has 0 unspecified atom stereocenters. The molecule has 0 heterocycles. The summed E-state index contributed by atoms with van der Waals surface area (Å²) in [6.07, 6.45) is 0. The number of Topliss-reactive ketones (excluding diaryl/α,β-unsaturated/α-hetero) is 1. The average Bonchev–Trinajstić information content (AvgIpc) is 2.47. The van der Waals surface area contributed by atoms with Gasteiger partial charge in [-0.3, -0.25) is 4.79 Å². The minimum atomic E-state index is -0.706. The Balaban J connectivity index is 2.06. The highest BCUT2D eigenvalue weighted by molar-refractivity contribution is 8.00. The maximum Gasteiger partial charge on any atom is 0.176 e. The van der Waals surface area contributed by atoms with Gasteiger partial charge in [-0.1, -0.05) is 6.07 Å². The zero-order valence-corrected chi connectivity index (χ0v) is 11.5. The molecule has 0 saturated carbocycles. The molecule has 2 aromatic carbocycles. The summed E-state index contributed by atoms with van der Waals surface area (Å²) in [4.78, 5) is 12.7. The van der Waals surface area contributed by atoms with Gasteiger partial charge in [0.05, 0.1) is 18.4 Å². The molecule has 0 aromatic heterocycles. The van der Waals surface area contributed by atoms with Gasteiger partial charge in [0.15, 0.2) is 5.78 Å². The molecule has 0 N–H and O–H groups in total. The lowest BCUT2D eigenvalue weighted by atomic mass is 10.1. The van der Waals surface area contributed by atoms with E-state index in [9.17, 15) is 13.6 Å². The fourth-order valence-corrected chi connectivity index (χ4v) is 2.46. The third-order valence-electron chi connectivity index (χ3n) is 2.64. The summed E-state index contributed by atoms with van der Waals surface area (Å²) < 4.78 is 31.5. The predicted molar refractivity (Wildman–Crippen MR) is 74.4 cm³/mol. The van der Waals surface area contributed by atoms with Crippen molar-refractivity contribution in [2.75, 3.05) is 12.9 Å². The van der Waals surface area contributed by atoms with Gasteiger partial charge in [0, 0.05) is 4.90 Å². The van der Waals surface area contributed by atoms with Crippen molar-refractivity contribution in [3.8, 4) is 5.75 Å². The van der Waals surface area contributed by atoms with Crippen LogP contribution < -0.4 is 4.74 Å². The molecule has 0 amide bonds. The molecule has 0 fully saturated rings. The summed E-state index contributed by atoms with van der Waals surface area (Å²) in [6, 6.07) is 10.1. The van der Waals surface area contributed by atoms with E-state index >= 15 is 0 Å². The van der Waals surface area contributed by atoms with E-state index in [0.29, 0.717) is 5.75 Å². The monoisotopic (exact) mass is 294 g/mol. The number of benzene rings is 2. The van der Waals surface area contributed by atoms with Crippen molar-refractivity contribution >= 4 is 17.5 Å². The highest BCUT2D eigenvalue weighted by Gasteiger charge is 2.13. The zero-order valence-electron chi connectivity index (χ0n) is 10.7. The van der Waals surface area contributed by atoms with E-state index in [-0.39, 0.29) is 11.3 Å². The Morgan fingerprint density at radius 3 is 2.75 bits per heavy atom. The van der Waals surface area contributed by atoms with Gasteiger partial charge in [-0.2, -0.15) is 0 Å². The molecule has 2 aromatic rings. The van der Waals surface area contributed by atoms with Gasteiger partial charge in [-0.25, -0.2) is 8.78 Å². The van der Waals surface area contributed by atoms with Crippen LogP contribution in [-0.2, 0) is 0 Å². The van der Waals surface area contributed by atoms with Crippen LogP contribution in [0.25, 0.3) is 0 Å². The van der Waals surface area contributed by atoms with Crippen LogP contribution in [0, 0.1) is 11.6 Å². The molecule has 0 aliphatic carbocycles. The molecule has 0 aliphatic rings. The third kappa shape index (κ3) is 3.57. The number of ketones is 1. The molecule has 0 spiro atoms. The van der Waals surface area contributed by atoms with E-state index in [4.69, 9.17) is 4.74 Å². The van der Waals surface area contributed by atoms with Gasteiger partial charge in [-0.15, -0.1) is 11.8 Å². The molecule has 0 bridgehead atoms. The summed E-state index contributed by atoms with van der Waals surface area (Å²) in [7, 11) is 1.55. The van der Waals surface area contributed by atoms with Gasteiger partial charge < -0.3 is 4.74 Å². The zero-order chi connectivity index (χ0) is 14.5. The quantitative estimate of drug-likeness (QED) is 0.617. The Kier molecular flexibility index (Phi) is 4.74. The normalized spacial score (nSPS) is 10.3. The maximum absolute atomic E-state index is 13.4. The number of hydrogen-bond acceptors (Lipinski definition) is 3. The fraction of sp³-hybridized carbons (Fsp3) is 0.133. The summed E-state index contributed by atoms with van der Waals surface area (Å²) in [5.41, 5.74) is -0.222. The molecule has 2 nitrogen and oxygen atoms in total. The van der Waals surface area contributed by atoms with Crippen LogP contribution in [0.3, 0.4) is 0 Å². The van der Waals surface area contributed by atoms with E-state index in [0.717, 1.165) is 23.1 Å². The van der Waals surface area contributed by atoms with Crippen LogP contribution in [-0.4, -0.2) is 18.6 Å². The minimum Gasteiger partial charge on any atom is -0.497 e. The molecular weight excluding hydrogens is 282 g/mol. The standard InChI is InChI=1S/C15H12F2O2S/c1-19-11-3-2-4-12(8-11)20-9-15(18)13-7-10(16)5-6-14(13)17/h2-8H,9H2,1H3. The second-order valence-electron chi connectivity index (χ2n) is 4.02. The summed E-state index contributed by atoms with van der Waals surface area (Å²) in [5.74, 6) is -1.06. The summed E-state index contributed by atoms with van der Waals surface area (Å²) in [5, 5.41) is 0. The molecule has 2 rings (SSSR count). The van der Waals surface area contributed by atoms with Gasteiger partial charge in [-0.05, 0) is 36.4 Å². The Labute approximate surface area is 119 Å². The van der Waals surface area contributed by atoms with Crippen molar-refractivity contribution < 1.29 is 18.3 Å². The molecule has 0 saturated heterocycles. The van der Waals surface area contributed by atoms with Gasteiger partial charge in [0.2, 0.25) is 0 Å². The lowest BCUT2D eigenvalue weighted by Crippen LogP contribution is -2.06. The van der Waals surface area contributed by atoms with Gasteiger partial charge >= 0.3 is 0 Å². The molecule has 0 atom stereocenters. The van der Waals surface area contributed by atoms with E-state index in [1.165, 1.54) is 11.8 Å². The number of carbonyl (C=O) groups is 1. The lowest BCUT2D eigenvalue weighted by Gasteiger charge is -2.05. The fourth-order valence-electron chi connectivity index (χ4n) is 1.63. The number of rotatable bonds is 5. The predicted octanol–water partition coefficient (Wildman–Crippen LogP) is 3.95. The highest BCUT2D eigenvalue weighted by atomic mass is 32.2. The minimum absolute atomic E-state index is 0.0353. The van der Waals surface area contributed by atoms with Crippen molar-refractivity contribution in [1.82, 2.24) is 0 Å². The molecule has 5 heteroatoms. The molecule has 20 heavy (non-hydrogen) atoms. The topological polar surface area (TPSA) is 26.3 Å². The van der Waals surface area contributed by atoms with Crippen LogP contribution in [0.5, 0.6) is 5.75 Å². The van der Waals surface area contributed by atoms with Gasteiger partial charge in [0.1, 0.15) is 17.4 Å². The second kappa shape index (κ2) is 6.52. The Morgan fingerprint density at radius 2 is 2.00 bits per heavy atom. The molecule has 0 radical (unpaired) electrons. The number of ether oxygens (including phenoxy) is 1. The highest BCUT2D eigenvalue weighted by Crippen LogP contribution is 2.24. The van der Waals surface area contributed by atoms with Crippen molar-refractivity contribution in [1.29, 1.82) is 0 Å². The van der Waals surface area contributed by atoms with Crippen LogP contribution in [0.4, 0.5) is 8.78 Å². The van der Waals surface area contributed by atoms with Crippen LogP contribution in [0.15, 0.2) is 47.4 Å². The van der Waals surface area contributed by atoms with Crippen molar-refractivity contribution in [3.05, 3.63) is 59.7 Å². The first-order valence-electron chi connectivity index (χ1n) is 5.85. The average molecular weight is 294 g/mol. The molecule has 104 valence electrons. The summed E-state index contributed by atoms with van der Waals surface area (Å²) >= 11 is 1.25.